The van der Waals surface area contributed by atoms with Crippen LogP contribution in [0.2, 0.25) is 0 Å². The van der Waals surface area contributed by atoms with E-state index < -0.39 is 17.6 Å². The second-order valence-corrected chi connectivity index (χ2v) is 10.1. The molecule has 0 saturated heterocycles. The standard InChI is InChI=1S/C31H34F3N5O3/c1-20-12-14-36-28-23(5-2-3-15-42-16-13-27(40)38-20)19-37-29(35)26(28)17-21-8-10-25(11-9-21)39-30(41)22-6-4-7-24(18-22)31(32,33)34/h2,4-11,18-20,36H,3,12-17H2,1H3,(H2,35,37)(H,38,40)(H,39,41)/b5-2+. The zero-order valence-electron chi connectivity index (χ0n) is 23.3. The van der Waals surface area contributed by atoms with E-state index >= 15 is 0 Å². The first-order chi connectivity index (χ1) is 20.1. The lowest BCUT2D eigenvalue weighted by molar-refractivity contribution is -0.137. The Balaban J connectivity index is 1.51. The van der Waals surface area contributed by atoms with Gasteiger partial charge in [0.05, 0.1) is 24.5 Å². The number of anilines is 3. The first-order valence-corrected chi connectivity index (χ1v) is 13.7. The number of nitrogens with two attached hydrogens (primary N) is 1. The predicted octanol–water partition coefficient (Wildman–Crippen LogP) is 5.66. The van der Waals surface area contributed by atoms with Gasteiger partial charge in [0.15, 0.2) is 0 Å². The molecule has 0 bridgehead atoms. The lowest BCUT2D eigenvalue weighted by Gasteiger charge is -2.19. The van der Waals surface area contributed by atoms with Gasteiger partial charge in [-0.1, -0.05) is 30.4 Å². The number of pyridine rings is 1. The minimum absolute atomic E-state index is 0.0320. The Labute approximate surface area is 242 Å². The van der Waals surface area contributed by atoms with Gasteiger partial charge in [0, 0.05) is 54.0 Å². The fourth-order valence-corrected chi connectivity index (χ4v) is 4.51. The third-order valence-electron chi connectivity index (χ3n) is 6.77. The Morgan fingerprint density at radius 2 is 1.95 bits per heavy atom. The normalized spacial score (nSPS) is 17.5. The van der Waals surface area contributed by atoms with Gasteiger partial charge in [-0.25, -0.2) is 4.98 Å². The molecule has 8 nitrogen and oxygen atoms in total. The summed E-state index contributed by atoms with van der Waals surface area (Å²) in [7, 11) is 0. The van der Waals surface area contributed by atoms with Gasteiger partial charge in [-0.3, -0.25) is 9.59 Å². The van der Waals surface area contributed by atoms with Gasteiger partial charge in [0.25, 0.3) is 5.91 Å². The van der Waals surface area contributed by atoms with Crippen molar-refractivity contribution in [3.8, 4) is 0 Å². The zero-order chi connectivity index (χ0) is 30.1. The average Bonchev–Trinajstić information content (AvgIpc) is 2.95. The maximum atomic E-state index is 13.0. The summed E-state index contributed by atoms with van der Waals surface area (Å²) in [5.74, 6) is -0.310. The largest absolute Gasteiger partial charge is 0.416 e. The molecular formula is C31H34F3N5O3. The van der Waals surface area contributed by atoms with Gasteiger partial charge in [-0.15, -0.1) is 0 Å². The van der Waals surface area contributed by atoms with Crippen LogP contribution in [0.15, 0.2) is 60.8 Å². The second-order valence-electron chi connectivity index (χ2n) is 10.1. The molecule has 5 N–H and O–H groups in total. The van der Waals surface area contributed by atoms with E-state index in [0.29, 0.717) is 56.9 Å². The van der Waals surface area contributed by atoms with Crippen molar-refractivity contribution in [1.82, 2.24) is 10.3 Å². The average molecular weight is 582 g/mol. The summed E-state index contributed by atoms with van der Waals surface area (Å²) >= 11 is 0. The molecule has 3 aromatic rings. The molecule has 0 fully saturated rings. The number of aromatic nitrogens is 1. The minimum atomic E-state index is -4.54. The van der Waals surface area contributed by atoms with E-state index in [1.165, 1.54) is 12.1 Å². The quantitative estimate of drug-likeness (QED) is 0.316. The van der Waals surface area contributed by atoms with Crippen LogP contribution in [0, 0.1) is 0 Å². The van der Waals surface area contributed by atoms with Crippen molar-refractivity contribution in [3.63, 3.8) is 0 Å². The van der Waals surface area contributed by atoms with E-state index in [4.69, 9.17) is 10.5 Å². The fraction of sp³-hybridized carbons (Fsp3) is 0.323. The molecule has 1 aromatic heterocycles. The smallest absolute Gasteiger partial charge is 0.384 e. The number of carbonyl (C=O) groups is 2. The Morgan fingerprint density at radius 1 is 1.17 bits per heavy atom. The van der Waals surface area contributed by atoms with Gasteiger partial charge in [0.2, 0.25) is 5.91 Å². The van der Waals surface area contributed by atoms with Crippen molar-refractivity contribution in [2.75, 3.05) is 36.1 Å². The summed E-state index contributed by atoms with van der Waals surface area (Å²) in [6, 6.07) is 11.3. The first-order valence-electron chi connectivity index (χ1n) is 13.7. The van der Waals surface area contributed by atoms with Gasteiger partial charge < -0.3 is 26.4 Å². The highest BCUT2D eigenvalue weighted by Crippen LogP contribution is 2.31. The highest BCUT2D eigenvalue weighted by atomic mass is 19.4. The minimum Gasteiger partial charge on any atom is -0.384 e. The van der Waals surface area contributed by atoms with Crippen LogP contribution < -0.4 is 21.7 Å². The van der Waals surface area contributed by atoms with Crippen molar-refractivity contribution in [3.05, 3.63) is 88.6 Å². The lowest BCUT2D eigenvalue weighted by atomic mass is 10.0. The summed E-state index contributed by atoms with van der Waals surface area (Å²) in [5, 5.41) is 9.12. The summed E-state index contributed by atoms with van der Waals surface area (Å²) < 4.78 is 44.7. The number of rotatable bonds is 4. The molecule has 1 atom stereocenters. The summed E-state index contributed by atoms with van der Waals surface area (Å²) in [6.45, 7) is 3.41. The van der Waals surface area contributed by atoms with E-state index in [1.807, 2.05) is 31.2 Å². The van der Waals surface area contributed by atoms with Gasteiger partial charge >= 0.3 is 6.18 Å². The number of nitrogens with zero attached hydrogens (tertiary/aromatic N) is 1. The van der Waals surface area contributed by atoms with E-state index in [0.717, 1.165) is 34.5 Å². The van der Waals surface area contributed by atoms with Crippen LogP contribution in [0.4, 0.5) is 30.4 Å². The van der Waals surface area contributed by atoms with Gasteiger partial charge in [-0.2, -0.15) is 13.2 Å². The van der Waals surface area contributed by atoms with Crippen LogP contribution >= 0.6 is 0 Å². The van der Waals surface area contributed by atoms with Crippen LogP contribution in [0.3, 0.4) is 0 Å². The van der Waals surface area contributed by atoms with Crippen LogP contribution in [-0.2, 0) is 22.1 Å². The monoisotopic (exact) mass is 581 g/mol. The molecule has 0 radical (unpaired) electrons. The van der Waals surface area contributed by atoms with E-state index in [2.05, 4.69) is 20.9 Å². The number of hydrogen-bond donors (Lipinski definition) is 4. The van der Waals surface area contributed by atoms with E-state index in [9.17, 15) is 22.8 Å². The highest BCUT2D eigenvalue weighted by Gasteiger charge is 2.31. The summed E-state index contributed by atoms with van der Waals surface area (Å²) in [6.07, 6.45) is 3.27. The third-order valence-corrected chi connectivity index (χ3v) is 6.77. The van der Waals surface area contributed by atoms with Crippen LogP contribution in [-0.4, -0.2) is 42.6 Å². The number of ether oxygens (including phenoxy) is 1. The zero-order valence-corrected chi connectivity index (χ0v) is 23.3. The molecule has 2 aromatic carbocycles. The van der Waals surface area contributed by atoms with Crippen LogP contribution in [0.5, 0.6) is 0 Å². The fourth-order valence-electron chi connectivity index (χ4n) is 4.51. The molecule has 0 saturated carbocycles. The molecular weight excluding hydrogens is 547 g/mol. The van der Waals surface area contributed by atoms with Crippen LogP contribution in [0.25, 0.3) is 6.08 Å². The number of halogens is 3. The number of amides is 2. The number of benzene rings is 2. The Morgan fingerprint density at radius 3 is 2.71 bits per heavy atom. The summed E-state index contributed by atoms with van der Waals surface area (Å²) in [5.41, 5.74) is 9.21. The molecule has 1 aliphatic rings. The molecule has 2 amide bonds. The van der Waals surface area contributed by atoms with Crippen LogP contribution in [0.1, 0.15) is 58.8 Å². The Kier molecular flexibility index (Phi) is 10.2. The van der Waals surface area contributed by atoms with Crippen molar-refractivity contribution < 1.29 is 27.5 Å². The number of carbonyl (C=O) groups excluding carboxylic acids is 2. The molecule has 1 aliphatic heterocycles. The molecule has 11 heteroatoms. The molecule has 42 heavy (non-hydrogen) atoms. The topological polar surface area (TPSA) is 118 Å². The maximum Gasteiger partial charge on any atom is 0.416 e. The highest BCUT2D eigenvalue weighted by molar-refractivity contribution is 6.04. The number of alkyl halides is 3. The lowest BCUT2D eigenvalue weighted by Crippen LogP contribution is -2.34. The molecule has 4 rings (SSSR count). The maximum absolute atomic E-state index is 13.0. The third kappa shape index (κ3) is 8.56. The van der Waals surface area contributed by atoms with Crippen molar-refractivity contribution in [2.45, 2.75) is 44.8 Å². The number of nitrogens with one attached hydrogen (secondary N) is 3. The molecule has 222 valence electrons. The molecule has 0 aliphatic carbocycles. The second kappa shape index (κ2) is 14.0. The van der Waals surface area contributed by atoms with Crippen molar-refractivity contribution in [2.24, 2.45) is 0 Å². The first kappa shape index (κ1) is 30.6. The van der Waals surface area contributed by atoms with E-state index in [-0.39, 0.29) is 17.5 Å². The molecule has 1 unspecified atom stereocenters. The van der Waals surface area contributed by atoms with Crippen molar-refractivity contribution in [1.29, 1.82) is 0 Å². The number of fused-ring (bicyclic) bond motifs is 1. The Hall–Kier alpha value is -4.38. The summed E-state index contributed by atoms with van der Waals surface area (Å²) in [4.78, 5) is 29.1. The Bertz CT molecular complexity index is 1420. The molecule has 0 spiro atoms. The van der Waals surface area contributed by atoms with Gasteiger partial charge in [-0.05, 0) is 55.7 Å². The number of hydrogen-bond acceptors (Lipinski definition) is 6. The van der Waals surface area contributed by atoms with Crippen molar-refractivity contribution >= 4 is 35.1 Å². The predicted molar refractivity (Wildman–Crippen MR) is 157 cm³/mol. The number of nitrogen functional groups attached to an aromatic ring is 1. The van der Waals surface area contributed by atoms with Gasteiger partial charge in [0.1, 0.15) is 5.82 Å². The SMILES string of the molecule is CC1CCNc2c(cnc(N)c2Cc2ccc(NC(=O)c3cccc(C(F)(F)F)c3)cc2)/C=C/CCOCCC(=O)N1. The molecule has 2 heterocycles. The van der Waals surface area contributed by atoms with E-state index in [1.54, 1.807) is 18.3 Å².